The van der Waals surface area contributed by atoms with Crippen molar-refractivity contribution < 1.29 is 0 Å². The summed E-state index contributed by atoms with van der Waals surface area (Å²) in [4.78, 5) is 0. The highest BCUT2D eigenvalue weighted by Gasteiger charge is 2.31. The molecule has 1 aromatic rings. The first-order valence-electron chi connectivity index (χ1n) is 6.56. The third-order valence-corrected chi connectivity index (χ3v) is 4.04. The first kappa shape index (κ1) is 11.7. The van der Waals surface area contributed by atoms with E-state index < -0.39 is 0 Å². The van der Waals surface area contributed by atoms with E-state index in [1.807, 2.05) is 0 Å². The van der Waals surface area contributed by atoms with E-state index >= 15 is 0 Å². The summed E-state index contributed by atoms with van der Waals surface area (Å²) in [5.74, 6) is 1.32. The number of rotatable bonds is 3. The molecule has 1 aromatic carbocycles. The Morgan fingerprint density at radius 1 is 1.31 bits per heavy atom. The van der Waals surface area contributed by atoms with Crippen molar-refractivity contribution in [3.05, 3.63) is 35.4 Å². The van der Waals surface area contributed by atoms with E-state index in [2.05, 4.69) is 38.1 Å². The van der Waals surface area contributed by atoms with Gasteiger partial charge in [0.15, 0.2) is 0 Å². The molecule has 0 spiro atoms. The minimum absolute atomic E-state index is 0.403. The molecule has 0 saturated heterocycles. The van der Waals surface area contributed by atoms with Crippen LogP contribution in [0.15, 0.2) is 24.3 Å². The van der Waals surface area contributed by atoms with Crippen LogP contribution in [0.2, 0.25) is 0 Å². The van der Waals surface area contributed by atoms with Gasteiger partial charge in [0, 0.05) is 6.04 Å². The molecule has 1 saturated carbocycles. The van der Waals surface area contributed by atoms with E-state index in [4.69, 9.17) is 5.73 Å². The third-order valence-electron chi connectivity index (χ3n) is 4.04. The van der Waals surface area contributed by atoms with Crippen molar-refractivity contribution in [2.75, 3.05) is 0 Å². The molecule has 88 valence electrons. The van der Waals surface area contributed by atoms with Gasteiger partial charge in [-0.25, -0.2) is 0 Å². The monoisotopic (exact) mass is 217 g/mol. The summed E-state index contributed by atoms with van der Waals surface area (Å²) in [5, 5.41) is 0. The Morgan fingerprint density at radius 3 is 2.75 bits per heavy atom. The molecule has 1 aliphatic rings. The van der Waals surface area contributed by atoms with E-state index in [-0.39, 0.29) is 0 Å². The van der Waals surface area contributed by atoms with Crippen molar-refractivity contribution in [2.24, 2.45) is 11.7 Å². The predicted octanol–water partition coefficient (Wildman–Crippen LogP) is 3.48. The molecule has 16 heavy (non-hydrogen) atoms. The van der Waals surface area contributed by atoms with E-state index in [0.717, 1.165) is 0 Å². The topological polar surface area (TPSA) is 26.0 Å². The predicted molar refractivity (Wildman–Crippen MR) is 69.6 cm³/mol. The van der Waals surface area contributed by atoms with E-state index in [0.29, 0.717) is 17.9 Å². The van der Waals surface area contributed by atoms with E-state index in [9.17, 15) is 0 Å². The van der Waals surface area contributed by atoms with E-state index in [1.54, 1.807) is 0 Å². The van der Waals surface area contributed by atoms with Crippen molar-refractivity contribution >= 4 is 0 Å². The zero-order valence-electron chi connectivity index (χ0n) is 10.4. The molecule has 1 heteroatoms. The van der Waals surface area contributed by atoms with Crippen LogP contribution in [0, 0.1) is 5.92 Å². The summed E-state index contributed by atoms with van der Waals surface area (Å²) in [6, 6.07) is 9.52. The van der Waals surface area contributed by atoms with Gasteiger partial charge in [-0.3, -0.25) is 0 Å². The second-order valence-electron chi connectivity index (χ2n) is 5.20. The number of aryl methyl sites for hydroxylation is 1. The molecule has 0 bridgehead atoms. The maximum atomic E-state index is 6.10. The Hall–Kier alpha value is -0.820. The fraction of sp³-hybridized carbons (Fsp3) is 0.600. The summed E-state index contributed by atoms with van der Waals surface area (Å²) in [5.41, 5.74) is 9.09. The first-order valence-corrected chi connectivity index (χ1v) is 6.56. The Kier molecular flexibility index (Phi) is 3.65. The van der Waals surface area contributed by atoms with Crippen LogP contribution in [0.4, 0.5) is 0 Å². The van der Waals surface area contributed by atoms with Crippen molar-refractivity contribution in [2.45, 2.75) is 51.5 Å². The van der Waals surface area contributed by atoms with Crippen LogP contribution in [0.3, 0.4) is 0 Å². The van der Waals surface area contributed by atoms with Crippen molar-refractivity contribution in [3.8, 4) is 0 Å². The van der Waals surface area contributed by atoms with Crippen LogP contribution in [0.25, 0.3) is 0 Å². The second kappa shape index (κ2) is 5.01. The van der Waals surface area contributed by atoms with Gasteiger partial charge in [-0.2, -0.15) is 0 Å². The minimum Gasteiger partial charge on any atom is -0.327 e. The Balaban J connectivity index is 2.17. The molecule has 1 fully saturated rings. The average molecular weight is 217 g/mol. The largest absolute Gasteiger partial charge is 0.327 e. The van der Waals surface area contributed by atoms with Crippen LogP contribution < -0.4 is 5.73 Å². The molecular weight excluding hydrogens is 194 g/mol. The normalized spacial score (nSPS) is 29.6. The SMILES string of the molecule is CCCc1cccc(C2CCC(N)C2C)c1. The third kappa shape index (κ3) is 2.30. The molecule has 0 heterocycles. The lowest BCUT2D eigenvalue weighted by atomic mass is 9.88. The average Bonchev–Trinajstić information content (AvgIpc) is 2.61. The maximum absolute atomic E-state index is 6.10. The molecule has 0 radical (unpaired) electrons. The Morgan fingerprint density at radius 2 is 2.12 bits per heavy atom. The highest BCUT2D eigenvalue weighted by atomic mass is 14.7. The highest BCUT2D eigenvalue weighted by Crippen LogP contribution is 2.38. The molecular formula is C15H23N. The second-order valence-corrected chi connectivity index (χ2v) is 5.20. The number of hydrogen-bond acceptors (Lipinski definition) is 1. The molecule has 3 unspecified atom stereocenters. The lowest BCUT2D eigenvalue weighted by Gasteiger charge is -2.19. The van der Waals surface area contributed by atoms with Gasteiger partial charge in [0.2, 0.25) is 0 Å². The summed E-state index contributed by atoms with van der Waals surface area (Å²) in [7, 11) is 0. The van der Waals surface area contributed by atoms with E-state index in [1.165, 1.54) is 36.8 Å². The van der Waals surface area contributed by atoms with Crippen LogP contribution in [0.1, 0.15) is 50.2 Å². The van der Waals surface area contributed by atoms with Gasteiger partial charge >= 0.3 is 0 Å². The van der Waals surface area contributed by atoms with Crippen molar-refractivity contribution in [1.82, 2.24) is 0 Å². The molecule has 3 atom stereocenters. The van der Waals surface area contributed by atoms with Gasteiger partial charge in [0.05, 0.1) is 0 Å². The number of nitrogens with two attached hydrogens (primary N) is 1. The van der Waals surface area contributed by atoms with Crippen molar-refractivity contribution in [1.29, 1.82) is 0 Å². The fourth-order valence-electron chi connectivity index (χ4n) is 2.93. The van der Waals surface area contributed by atoms with Gasteiger partial charge in [-0.15, -0.1) is 0 Å². The van der Waals surface area contributed by atoms with Crippen molar-refractivity contribution in [3.63, 3.8) is 0 Å². The van der Waals surface area contributed by atoms with Gasteiger partial charge in [0.25, 0.3) is 0 Å². The van der Waals surface area contributed by atoms with Crippen LogP contribution in [0.5, 0.6) is 0 Å². The summed E-state index contributed by atoms with van der Waals surface area (Å²) in [6.07, 6.45) is 4.87. The Labute approximate surface area is 99.0 Å². The minimum atomic E-state index is 0.403. The van der Waals surface area contributed by atoms with Gasteiger partial charge in [-0.1, -0.05) is 44.5 Å². The Bertz CT molecular complexity index is 345. The lowest BCUT2D eigenvalue weighted by molar-refractivity contribution is 0.479. The standard InChI is InChI=1S/C15H23N/c1-3-5-12-6-4-7-13(10-12)14-8-9-15(16)11(14)2/h4,6-7,10-11,14-15H,3,5,8-9,16H2,1-2H3. The van der Waals surface area contributed by atoms with Gasteiger partial charge in [0.1, 0.15) is 0 Å². The molecule has 2 rings (SSSR count). The molecule has 1 nitrogen and oxygen atoms in total. The lowest BCUT2D eigenvalue weighted by Crippen LogP contribution is -2.24. The molecule has 0 amide bonds. The molecule has 0 aromatic heterocycles. The maximum Gasteiger partial charge on any atom is 0.00705 e. The number of hydrogen-bond donors (Lipinski definition) is 1. The van der Waals surface area contributed by atoms with Crippen LogP contribution >= 0.6 is 0 Å². The zero-order chi connectivity index (χ0) is 11.5. The highest BCUT2D eigenvalue weighted by molar-refractivity contribution is 5.28. The van der Waals surface area contributed by atoms with Crippen LogP contribution in [-0.4, -0.2) is 6.04 Å². The smallest absolute Gasteiger partial charge is 0.00705 e. The number of benzene rings is 1. The molecule has 2 N–H and O–H groups in total. The fourth-order valence-corrected chi connectivity index (χ4v) is 2.93. The van der Waals surface area contributed by atoms with Gasteiger partial charge < -0.3 is 5.73 Å². The molecule has 1 aliphatic carbocycles. The van der Waals surface area contributed by atoms with Gasteiger partial charge in [-0.05, 0) is 42.2 Å². The summed E-state index contributed by atoms with van der Waals surface area (Å²) >= 11 is 0. The first-order chi connectivity index (χ1) is 7.72. The quantitative estimate of drug-likeness (QED) is 0.824. The molecule has 0 aliphatic heterocycles. The zero-order valence-corrected chi connectivity index (χ0v) is 10.4. The van der Waals surface area contributed by atoms with Crippen LogP contribution in [-0.2, 0) is 6.42 Å². The summed E-state index contributed by atoms with van der Waals surface area (Å²) < 4.78 is 0. The summed E-state index contributed by atoms with van der Waals surface area (Å²) in [6.45, 7) is 4.54.